The van der Waals surface area contributed by atoms with Crippen LogP contribution in [-0.2, 0) is 0 Å². The number of nitrogens with zero attached hydrogens (tertiary/aromatic N) is 2. The quantitative estimate of drug-likeness (QED) is 0.723. The van der Waals surface area contributed by atoms with Crippen LogP contribution < -0.4 is 11.3 Å². The number of nitrogens with two attached hydrogens (primary N) is 1. The van der Waals surface area contributed by atoms with E-state index >= 15 is 0 Å². The minimum Gasteiger partial charge on any atom is -0.365 e. The van der Waals surface area contributed by atoms with Gasteiger partial charge in [-0.25, -0.2) is 4.68 Å². The third kappa shape index (κ3) is 2.55. The van der Waals surface area contributed by atoms with Gasteiger partial charge in [0.15, 0.2) is 0 Å². The Labute approximate surface area is 132 Å². The van der Waals surface area contributed by atoms with Crippen LogP contribution in [0.4, 0.5) is 0 Å². The average molecular weight is 308 g/mol. The van der Waals surface area contributed by atoms with E-state index in [9.17, 15) is 9.59 Å². The van der Waals surface area contributed by atoms with Crippen molar-refractivity contribution in [3.8, 4) is 0 Å². The fourth-order valence-corrected chi connectivity index (χ4v) is 2.65. The molecule has 116 valence electrons. The first-order valence-corrected chi connectivity index (χ1v) is 7.12. The zero-order chi connectivity index (χ0) is 16.6. The molecular weight excluding hydrogens is 292 g/mol. The highest BCUT2D eigenvalue weighted by Crippen LogP contribution is 2.16. The molecule has 0 radical (unpaired) electrons. The SMILES string of the molecule is Cc1cc(C)n(/N=C\c2c[nH]c3ccccc23)c(=O)c1C(N)=O. The van der Waals surface area contributed by atoms with Crippen molar-refractivity contribution >= 4 is 23.0 Å². The highest BCUT2D eigenvalue weighted by atomic mass is 16.2. The third-order valence-electron chi connectivity index (χ3n) is 3.74. The zero-order valence-electron chi connectivity index (χ0n) is 12.8. The molecule has 0 atom stereocenters. The number of primary amides is 1. The predicted octanol–water partition coefficient (Wildman–Crippen LogP) is 1.93. The van der Waals surface area contributed by atoms with Crippen molar-refractivity contribution in [2.45, 2.75) is 13.8 Å². The molecule has 2 aromatic heterocycles. The van der Waals surface area contributed by atoms with Gasteiger partial charge in [0, 0.05) is 28.4 Å². The van der Waals surface area contributed by atoms with E-state index in [1.807, 2.05) is 30.5 Å². The highest BCUT2D eigenvalue weighted by Gasteiger charge is 2.14. The fourth-order valence-electron chi connectivity index (χ4n) is 2.65. The number of aromatic nitrogens is 2. The summed E-state index contributed by atoms with van der Waals surface area (Å²) in [4.78, 5) is 27.0. The molecule has 1 amide bonds. The van der Waals surface area contributed by atoms with Gasteiger partial charge in [0.05, 0.1) is 6.21 Å². The van der Waals surface area contributed by atoms with E-state index in [-0.39, 0.29) is 5.56 Å². The van der Waals surface area contributed by atoms with Crippen LogP contribution in [0.3, 0.4) is 0 Å². The summed E-state index contributed by atoms with van der Waals surface area (Å²) in [5.74, 6) is -0.747. The van der Waals surface area contributed by atoms with Crippen molar-refractivity contribution < 1.29 is 4.79 Å². The summed E-state index contributed by atoms with van der Waals surface area (Å²) in [5.41, 5.74) is 7.77. The van der Waals surface area contributed by atoms with Crippen LogP contribution in [0.1, 0.15) is 27.2 Å². The molecule has 0 spiro atoms. The molecule has 0 aliphatic rings. The lowest BCUT2D eigenvalue weighted by atomic mass is 10.1. The summed E-state index contributed by atoms with van der Waals surface area (Å²) in [6.45, 7) is 3.44. The zero-order valence-corrected chi connectivity index (χ0v) is 12.8. The highest BCUT2D eigenvalue weighted by molar-refractivity contribution is 5.99. The molecule has 3 rings (SSSR count). The molecule has 0 saturated heterocycles. The van der Waals surface area contributed by atoms with Gasteiger partial charge in [0.1, 0.15) is 5.56 Å². The van der Waals surface area contributed by atoms with E-state index in [4.69, 9.17) is 5.73 Å². The van der Waals surface area contributed by atoms with Crippen LogP contribution in [0.15, 0.2) is 46.4 Å². The van der Waals surface area contributed by atoms with Crippen LogP contribution in [0.25, 0.3) is 10.9 Å². The summed E-state index contributed by atoms with van der Waals surface area (Å²) in [5, 5.41) is 5.24. The van der Waals surface area contributed by atoms with Crippen LogP contribution >= 0.6 is 0 Å². The number of hydrogen-bond donors (Lipinski definition) is 2. The van der Waals surface area contributed by atoms with Crippen molar-refractivity contribution in [3.63, 3.8) is 0 Å². The van der Waals surface area contributed by atoms with Crippen LogP contribution in [0.5, 0.6) is 0 Å². The molecule has 3 aromatic rings. The number of H-pyrrole nitrogens is 1. The second-order valence-corrected chi connectivity index (χ2v) is 5.36. The molecule has 6 heteroatoms. The monoisotopic (exact) mass is 308 g/mol. The van der Waals surface area contributed by atoms with Crippen LogP contribution in [-0.4, -0.2) is 21.8 Å². The first kappa shape index (κ1) is 14.8. The lowest BCUT2D eigenvalue weighted by Gasteiger charge is -2.08. The van der Waals surface area contributed by atoms with Gasteiger partial charge in [-0.1, -0.05) is 18.2 Å². The number of hydrogen-bond acceptors (Lipinski definition) is 3. The number of benzene rings is 1. The minimum absolute atomic E-state index is 0.0355. The van der Waals surface area contributed by atoms with E-state index in [0.717, 1.165) is 16.5 Å². The standard InChI is InChI=1S/C17H16N4O2/c1-10-7-11(2)21(17(23)15(10)16(18)22)20-9-12-8-19-14-6-4-3-5-13(12)14/h3-9,19H,1-2H3,(H2,18,22)/b20-9-. The van der Waals surface area contributed by atoms with E-state index in [1.54, 1.807) is 26.1 Å². The van der Waals surface area contributed by atoms with Crippen molar-refractivity contribution in [2.24, 2.45) is 10.8 Å². The van der Waals surface area contributed by atoms with Crippen LogP contribution in [0, 0.1) is 13.8 Å². The maximum absolute atomic E-state index is 12.4. The van der Waals surface area contributed by atoms with E-state index in [0.29, 0.717) is 11.3 Å². The largest absolute Gasteiger partial charge is 0.365 e. The van der Waals surface area contributed by atoms with E-state index in [1.165, 1.54) is 4.68 Å². The van der Waals surface area contributed by atoms with Gasteiger partial charge in [-0.2, -0.15) is 5.10 Å². The molecule has 0 unspecified atom stereocenters. The maximum Gasteiger partial charge on any atom is 0.284 e. The van der Waals surface area contributed by atoms with Gasteiger partial charge in [0.25, 0.3) is 11.5 Å². The van der Waals surface area contributed by atoms with E-state index in [2.05, 4.69) is 10.1 Å². The number of carbonyl (C=O) groups excluding carboxylic acids is 1. The second kappa shape index (κ2) is 5.57. The van der Waals surface area contributed by atoms with E-state index < -0.39 is 11.5 Å². The Kier molecular flexibility index (Phi) is 3.57. The molecule has 2 heterocycles. The van der Waals surface area contributed by atoms with Gasteiger partial charge in [-0.3, -0.25) is 9.59 Å². The van der Waals surface area contributed by atoms with Gasteiger partial charge in [-0.15, -0.1) is 0 Å². The molecule has 1 aromatic carbocycles. The Hall–Kier alpha value is -3.15. The van der Waals surface area contributed by atoms with Crippen molar-refractivity contribution in [1.29, 1.82) is 0 Å². The number of aromatic amines is 1. The summed E-state index contributed by atoms with van der Waals surface area (Å²) >= 11 is 0. The molecule has 0 aliphatic heterocycles. The second-order valence-electron chi connectivity index (χ2n) is 5.36. The predicted molar refractivity (Wildman–Crippen MR) is 90.0 cm³/mol. The lowest BCUT2D eigenvalue weighted by Crippen LogP contribution is -2.30. The first-order valence-electron chi connectivity index (χ1n) is 7.12. The molecule has 6 nitrogen and oxygen atoms in total. The Morgan fingerprint density at radius 2 is 2.04 bits per heavy atom. The lowest BCUT2D eigenvalue weighted by molar-refractivity contribution is 0.0997. The number of para-hydroxylation sites is 1. The number of aryl methyl sites for hydroxylation is 2. The molecule has 0 aliphatic carbocycles. The molecular formula is C17H16N4O2. The number of rotatable bonds is 3. The average Bonchev–Trinajstić information content (AvgIpc) is 2.89. The van der Waals surface area contributed by atoms with Crippen molar-refractivity contribution in [3.05, 3.63) is 69.3 Å². The number of amides is 1. The molecule has 3 N–H and O–H groups in total. The minimum atomic E-state index is -0.747. The Bertz CT molecular complexity index is 995. The van der Waals surface area contributed by atoms with Gasteiger partial charge in [0.2, 0.25) is 0 Å². The number of nitrogens with one attached hydrogen (secondary N) is 1. The molecule has 0 saturated carbocycles. The number of carbonyl (C=O) groups is 1. The smallest absolute Gasteiger partial charge is 0.284 e. The molecule has 0 bridgehead atoms. The first-order chi connectivity index (χ1) is 11.0. The number of fused-ring (bicyclic) bond motifs is 1. The fraction of sp³-hybridized carbons (Fsp3) is 0.118. The summed E-state index contributed by atoms with van der Waals surface area (Å²) in [6, 6.07) is 9.51. The van der Waals surface area contributed by atoms with Gasteiger partial charge < -0.3 is 10.7 Å². The van der Waals surface area contributed by atoms with Gasteiger partial charge in [-0.05, 0) is 31.5 Å². The van der Waals surface area contributed by atoms with Crippen molar-refractivity contribution in [1.82, 2.24) is 9.66 Å². The Morgan fingerprint density at radius 1 is 1.30 bits per heavy atom. The molecule has 23 heavy (non-hydrogen) atoms. The normalized spacial score (nSPS) is 11.4. The van der Waals surface area contributed by atoms with Gasteiger partial charge >= 0.3 is 0 Å². The third-order valence-corrected chi connectivity index (χ3v) is 3.74. The van der Waals surface area contributed by atoms with Crippen molar-refractivity contribution in [2.75, 3.05) is 0 Å². The summed E-state index contributed by atoms with van der Waals surface area (Å²) < 4.78 is 1.19. The molecule has 0 fully saturated rings. The number of pyridine rings is 1. The summed E-state index contributed by atoms with van der Waals surface area (Å²) in [6.07, 6.45) is 3.41. The topological polar surface area (TPSA) is 93.2 Å². The summed E-state index contributed by atoms with van der Waals surface area (Å²) in [7, 11) is 0. The van der Waals surface area contributed by atoms with Crippen LogP contribution in [0.2, 0.25) is 0 Å². The Morgan fingerprint density at radius 3 is 2.78 bits per heavy atom. The maximum atomic E-state index is 12.4. The Balaban J connectivity index is 2.11.